The van der Waals surface area contributed by atoms with Crippen LogP contribution in [0, 0.1) is 11.3 Å². The Hall–Kier alpha value is -1.43. The lowest BCUT2D eigenvalue weighted by Crippen LogP contribution is -2.40. The molecule has 0 saturated carbocycles. The number of aromatic nitrogens is 3. The van der Waals surface area contributed by atoms with Gasteiger partial charge in [0.2, 0.25) is 0 Å². The molecule has 0 aromatic carbocycles. The molecular formula is C13H21N3O3. The quantitative estimate of drug-likeness (QED) is 0.871. The Bertz CT molecular complexity index is 436. The number of carboxylic acid groups (broad SMARTS) is 1. The standard InChI is InChI=1S/C13H21N3O3/c1-10(2)8-16-11(14-9-15-16)7-13(12(17)18)3-5-19-6-4-13/h9-10H,3-8H2,1-2H3,(H,17,18). The first-order chi connectivity index (χ1) is 9.03. The fourth-order valence-electron chi connectivity index (χ4n) is 2.45. The molecule has 106 valence electrons. The van der Waals surface area contributed by atoms with E-state index in [0.717, 1.165) is 12.4 Å². The van der Waals surface area contributed by atoms with Gasteiger partial charge in [0.05, 0.1) is 5.41 Å². The predicted molar refractivity (Wildman–Crippen MR) is 68.7 cm³/mol. The van der Waals surface area contributed by atoms with Crippen molar-refractivity contribution in [3.63, 3.8) is 0 Å². The summed E-state index contributed by atoms with van der Waals surface area (Å²) in [5, 5.41) is 13.7. The third-order valence-electron chi connectivity index (χ3n) is 3.63. The Morgan fingerprint density at radius 2 is 2.21 bits per heavy atom. The Balaban J connectivity index is 2.17. The number of nitrogens with zero attached hydrogens (tertiary/aromatic N) is 3. The third-order valence-corrected chi connectivity index (χ3v) is 3.63. The van der Waals surface area contributed by atoms with Crippen molar-refractivity contribution in [1.82, 2.24) is 14.8 Å². The molecule has 0 aliphatic carbocycles. The van der Waals surface area contributed by atoms with Gasteiger partial charge in [-0.25, -0.2) is 9.67 Å². The van der Waals surface area contributed by atoms with Crippen molar-refractivity contribution in [3.8, 4) is 0 Å². The Labute approximate surface area is 112 Å². The number of carboxylic acids is 1. The second kappa shape index (κ2) is 5.69. The van der Waals surface area contributed by atoms with Crippen LogP contribution < -0.4 is 0 Å². The fourth-order valence-corrected chi connectivity index (χ4v) is 2.45. The molecule has 2 heterocycles. The van der Waals surface area contributed by atoms with Crippen LogP contribution in [-0.4, -0.2) is 39.1 Å². The second-order valence-corrected chi connectivity index (χ2v) is 5.63. The zero-order valence-electron chi connectivity index (χ0n) is 11.5. The Morgan fingerprint density at radius 1 is 1.53 bits per heavy atom. The number of carbonyl (C=O) groups is 1. The van der Waals surface area contributed by atoms with E-state index in [9.17, 15) is 9.90 Å². The van der Waals surface area contributed by atoms with E-state index < -0.39 is 11.4 Å². The SMILES string of the molecule is CC(C)Cn1ncnc1CC1(C(=O)O)CCOCC1. The largest absolute Gasteiger partial charge is 0.481 e. The average molecular weight is 267 g/mol. The normalized spacial score (nSPS) is 18.7. The molecule has 0 atom stereocenters. The molecule has 19 heavy (non-hydrogen) atoms. The summed E-state index contributed by atoms with van der Waals surface area (Å²) in [6, 6.07) is 0. The molecular weight excluding hydrogens is 246 g/mol. The number of hydrogen-bond donors (Lipinski definition) is 1. The van der Waals surface area contributed by atoms with Crippen molar-refractivity contribution in [1.29, 1.82) is 0 Å². The van der Waals surface area contributed by atoms with Gasteiger partial charge >= 0.3 is 5.97 Å². The predicted octanol–water partition coefficient (Wildman–Crippen LogP) is 1.36. The van der Waals surface area contributed by atoms with Gasteiger partial charge in [-0.2, -0.15) is 5.10 Å². The molecule has 1 aromatic rings. The van der Waals surface area contributed by atoms with Gasteiger partial charge in [-0.05, 0) is 18.8 Å². The summed E-state index contributed by atoms with van der Waals surface area (Å²) in [5.41, 5.74) is -0.750. The summed E-state index contributed by atoms with van der Waals surface area (Å²) in [7, 11) is 0. The van der Waals surface area contributed by atoms with Crippen LogP contribution in [0.4, 0.5) is 0 Å². The number of rotatable bonds is 5. The molecule has 1 aromatic heterocycles. The van der Waals surface area contributed by atoms with Gasteiger partial charge in [0.1, 0.15) is 12.2 Å². The van der Waals surface area contributed by atoms with E-state index >= 15 is 0 Å². The van der Waals surface area contributed by atoms with Gasteiger partial charge < -0.3 is 9.84 Å². The average Bonchev–Trinajstić information content (AvgIpc) is 2.76. The fraction of sp³-hybridized carbons (Fsp3) is 0.769. The summed E-state index contributed by atoms with van der Waals surface area (Å²) in [4.78, 5) is 15.9. The third kappa shape index (κ3) is 3.12. The van der Waals surface area contributed by atoms with E-state index in [1.165, 1.54) is 6.33 Å². The lowest BCUT2D eigenvalue weighted by molar-refractivity contribution is -0.155. The lowest BCUT2D eigenvalue weighted by Gasteiger charge is -2.32. The van der Waals surface area contributed by atoms with Gasteiger partial charge in [0, 0.05) is 26.2 Å². The van der Waals surface area contributed by atoms with Crippen LogP contribution in [0.5, 0.6) is 0 Å². The van der Waals surface area contributed by atoms with Crippen LogP contribution in [0.1, 0.15) is 32.5 Å². The minimum Gasteiger partial charge on any atom is -0.481 e. The van der Waals surface area contributed by atoms with Crippen LogP contribution in [0.15, 0.2) is 6.33 Å². The maximum atomic E-state index is 11.6. The van der Waals surface area contributed by atoms with Gasteiger partial charge in [-0.3, -0.25) is 4.79 Å². The minimum atomic E-state index is -0.755. The topological polar surface area (TPSA) is 77.2 Å². The highest BCUT2D eigenvalue weighted by atomic mass is 16.5. The van der Waals surface area contributed by atoms with Gasteiger partial charge in [-0.1, -0.05) is 13.8 Å². The minimum absolute atomic E-state index is 0.429. The first-order valence-electron chi connectivity index (χ1n) is 6.71. The molecule has 2 rings (SSSR count). The summed E-state index contributed by atoms with van der Waals surface area (Å²) >= 11 is 0. The molecule has 6 nitrogen and oxygen atoms in total. The van der Waals surface area contributed by atoms with Crippen LogP contribution in [0.3, 0.4) is 0 Å². The molecule has 1 fully saturated rings. The monoisotopic (exact) mass is 267 g/mol. The second-order valence-electron chi connectivity index (χ2n) is 5.63. The first-order valence-corrected chi connectivity index (χ1v) is 6.71. The Kier molecular flexibility index (Phi) is 4.19. The highest BCUT2D eigenvalue weighted by Gasteiger charge is 2.41. The summed E-state index contributed by atoms with van der Waals surface area (Å²) in [5.74, 6) is 0.462. The molecule has 0 unspecified atom stereocenters. The molecule has 1 saturated heterocycles. The number of ether oxygens (including phenoxy) is 1. The number of aliphatic carboxylic acids is 1. The van der Waals surface area contributed by atoms with Gasteiger partial charge in [-0.15, -0.1) is 0 Å². The van der Waals surface area contributed by atoms with Crippen molar-refractivity contribution >= 4 is 5.97 Å². The summed E-state index contributed by atoms with van der Waals surface area (Å²) < 4.78 is 7.11. The maximum Gasteiger partial charge on any atom is 0.310 e. The van der Waals surface area contributed by atoms with E-state index in [1.54, 1.807) is 0 Å². The molecule has 1 N–H and O–H groups in total. The van der Waals surface area contributed by atoms with E-state index in [0.29, 0.717) is 38.4 Å². The highest BCUT2D eigenvalue weighted by molar-refractivity contribution is 5.75. The molecule has 0 spiro atoms. The van der Waals surface area contributed by atoms with E-state index in [1.807, 2.05) is 4.68 Å². The van der Waals surface area contributed by atoms with Crippen LogP contribution in [0.2, 0.25) is 0 Å². The zero-order chi connectivity index (χ0) is 13.9. The molecule has 0 bridgehead atoms. The highest BCUT2D eigenvalue weighted by Crippen LogP contribution is 2.34. The maximum absolute atomic E-state index is 11.6. The molecule has 0 amide bonds. The molecule has 0 radical (unpaired) electrons. The molecule has 6 heteroatoms. The number of hydrogen-bond acceptors (Lipinski definition) is 4. The lowest BCUT2D eigenvalue weighted by atomic mass is 9.77. The smallest absolute Gasteiger partial charge is 0.310 e. The van der Waals surface area contributed by atoms with Crippen molar-refractivity contribution in [2.75, 3.05) is 13.2 Å². The van der Waals surface area contributed by atoms with Crippen LogP contribution in [0.25, 0.3) is 0 Å². The van der Waals surface area contributed by atoms with E-state index in [-0.39, 0.29) is 0 Å². The van der Waals surface area contributed by atoms with Crippen molar-refractivity contribution in [3.05, 3.63) is 12.2 Å². The van der Waals surface area contributed by atoms with E-state index in [2.05, 4.69) is 23.9 Å². The first kappa shape index (κ1) is 14.0. The van der Waals surface area contributed by atoms with Gasteiger partial charge in [0.15, 0.2) is 0 Å². The molecule has 1 aliphatic heterocycles. The van der Waals surface area contributed by atoms with Gasteiger partial charge in [0.25, 0.3) is 0 Å². The van der Waals surface area contributed by atoms with Crippen LogP contribution in [-0.2, 0) is 22.5 Å². The van der Waals surface area contributed by atoms with Crippen LogP contribution >= 0.6 is 0 Å². The van der Waals surface area contributed by atoms with E-state index in [4.69, 9.17) is 4.74 Å². The molecule has 1 aliphatic rings. The van der Waals surface area contributed by atoms with Crippen molar-refractivity contribution in [2.24, 2.45) is 11.3 Å². The summed E-state index contributed by atoms with van der Waals surface area (Å²) in [6.45, 7) is 5.98. The summed E-state index contributed by atoms with van der Waals surface area (Å²) in [6.07, 6.45) is 3.01. The Morgan fingerprint density at radius 3 is 2.79 bits per heavy atom. The zero-order valence-corrected chi connectivity index (χ0v) is 11.5. The van der Waals surface area contributed by atoms with Crippen molar-refractivity contribution in [2.45, 2.75) is 39.7 Å². The van der Waals surface area contributed by atoms with Crippen molar-refractivity contribution < 1.29 is 14.6 Å².